The molecule has 0 heterocycles. The molecule has 1 saturated carbocycles. The number of carbonyl (C=O) groups is 1. The molecule has 0 aliphatic heterocycles. The number of carboxylic acid groups (broad SMARTS) is 1. The van der Waals surface area contributed by atoms with Crippen LogP contribution in [0.25, 0.3) is 10.8 Å². The molecule has 2 heteroatoms. The van der Waals surface area contributed by atoms with Crippen molar-refractivity contribution in [1.29, 1.82) is 0 Å². The SMILES string of the molecule is O=C(O)C1CC1c1ccccc1Cc1ccc2ccccc2c1. The van der Waals surface area contributed by atoms with Gasteiger partial charge in [-0.3, -0.25) is 4.79 Å². The standard InChI is InChI=1S/C21H18O2/c22-21(23)20-13-19(20)18-8-4-3-7-17(18)12-14-9-10-15-5-1-2-6-16(15)11-14/h1-11,19-20H,12-13H2,(H,22,23). The van der Waals surface area contributed by atoms with Gasteiger partial charge in [-0.2, -0.15) is 0 Å². The van der Waals surface area contributed by atoms with Crippen molar-refractivity contribution in [3.63, 3.8) is 0 Å². The molecular weight excluding hydrogens is 284 g/mol. The van der Waals surface area contributed by atoms with Crippen molar-refractivity contribution < 1.29 is 9.90 Å². The summed E-state index contributed by atoms with van der Waals surface area (Å²) >= 11 is 0. The fourth-order valence-electron chi connectivity index (χ4n) is 3.44. The quantitative estimate of drug-likeness (QED) is 0.763. The van der Waals surface area contributed by atoms with Crippen LogP contribution in [0.4, 0.5) is 0 Å². The third kappa shape index (κ3) is 2.72. The molecule has 4 rings (SSSR count). The van der Waals surface area contributed by atoms with Crippen LogP contribution in [0.2, 0.25) is 0 Å². The van der Waals surface area contributed by atoms with Crippen LogP contribution in [0.3, 0.4) is 0 Å². The van der Waals surface area contributed by atoms with E-state index in [0.717, 1.165) is 12.8 Å². The van der Waals surface area contributed by atoms with E-state index in [4.69, 9.17) is 0 Å². The van der Waals surface area contributed by atoms with Crippen molar-refractivity contribution >= 4 is 16.7 Å². The van der Waals surface area contributed by atoms with Crippen LogP contribution in [-0.4, -0.2) is 11.1 Å². The molecule has 114 valence electrons. The predicted octanol–water partition coefficient (Wildman–Crippen LogP) is 4.62. The Balaban J connectivity index is 1.64. The van der Waals surface area contributed by atoms with Crippen LogP contribution in [0.15, 0.2) is 66.7 Å². The lowest BCUT2D eigenvalue weighted by Crippen LogP contribution is -2.01. The average molecular weight is 302 g/mol. The second kappa shape index (κ2) is 5.54. The lowest BCUT2D eigenvalue weighted by atomic mass is 9.95. The minimum atomic E-state index is -0.671. The maximum absolute atomic E-state index is 11.2. The normalized spacial score (nSPS) is 19.7. The Morgan fingerprint density at radius 1 is 0.957 bits per heavy atom. The van der Waals surface area contributed by atoms with Crippen LogP contribution in [-0.2, 0) is 11.2 Å². The van der Waals surface area contributed by atoms with Crippen molar-refractivity contribution in [2.75, 3.05) is 0 Å². The molecule has 1 fully saturated rings. The zero-order valence-electron chi connectivity index (χ0n) is 12.8. The number of aliphatic carboxylic acids is 1. The zero-order valence-corrected chi connectivity index (χ0v) is 12.8. The third-order valence-corrected chi connectivity index (χ3v) is 4.77. The molecule has 0 aromatic heterocycles. The van der Waals surface area contributed by atoms with Gasteiger partial charge in [0.2, 0.25) is 0 Å². The van der Waals surface area contributed by atoms with Gasteiger partial charge in [-0.05, 0) is 46.2 Å². The van der Waals surface area contributed by atoms with Crippen molar-refractivity contribution in [2.24, 2.45) is 5.92 Å². The first-order valence-electron chi connectivity index (χ1n) is 8.00. The van der Waals surface area contributed by atoms with Gasteiger partial charge >= 0.3 is 5.97 Å². The van der Waals surface area contributed by atoms with Crippen molar-refractivity contribution in [1.82, 2.24) is 0 Å². The van der Waals surface area contributed by atoms with E-state index in [9.17, 15) is 9.90 Å². The monoisotopic (exact) mass is 302 g/mol. The molecule has 0 saturated heterocycles. The van der Waals surface area contributed by atoms with E-state index in [0.29, 0.717) is 0 Å². The number of rotatable bonds is 4. The van der Waals surface area contributed by atoms with Gasteiger partial charge in [0.25, 0.3) is 0 Å². The van der Waals surface area contributed by atoms with Gasteiger partial charge in [0.05, 0.1) is 5.92 Å². The summed E-state index contributed by atoms with van der Waals surface area (Å²) < 4.78 is 0. The van der Waals surface area contributed by atoms with Gasteiger partial charge in [0.1, 0.15) is 0 Å². The molecule has 1 aliphatic rings. The summed E-state index contributed by atoms with van der Waals surface area (Å²) in [5.74, 6) is -0.688. The molecule has 1 aliphatic carbocycles. The van der Waals surface area contributed by atoms with Crippen LogP contribution >= 0.6 is 0 Å². The van der Waals surface area contributed by atoms with Gasteiger partial charge in [-0.25, -0.2) is 0 Å². The highest BCUT2D eigenvalue weighted by molar-refractivity contribution is 5.83. The third-order valence-electron chi connectivity index (χ3n) is 4.77. The number of hydrogen-bond donors (Lipinski definition) is 1. The second-order valence-corrected chi connectivity index (χ2v) is 6.34. The van der Waals surface area contributed by atoms with Gasteiger partial charge < -0.3 is 5.11 Å². The first-order chi connectivity index (χ1) is 11.2. The van der Waals surface area contributed by atoms with Crippen LogP contribution in [0, 0.1) is 5.92 Å². The summed E-state index contributed by atoms with van der Waals surface area (Å²) in [6.07, 6.45) is 1.62. The largest absolute Gasteiger partial charge is 0.481 e. The smallest absolute Gasteiger partial charge is 0.307 e. The van der Waals surface area contributed by atoms with Gasteiger partial charge in [-0.15, -0.1) is 0 Å². The highest BCUT2D eigenvalue weighted by atomic mass is 16.4. The molecule has 0 bridgehead atoms. The minimum absolute atomic E-state index is 0.184. The van der Waals surface area contributed by atoms with Gasteiger partial charge in [0, 0.05) is 0 Å². The lowest BCUT2D eigenvalue weighted by molar-refractivity contribution is -0.138. The molecule has 3 aromatic carbocycles. The Labute approximate surface area is 135 Å². The van der Waals surface area contributed by atoms with E-state index in [1.807, 2.05) is 12.1 Å². The lowest BCUT2D eigenvalue weighted by Gasteiger charge is -2.10. The zero-order chi connectivity index (χ0) is 15.8. The molecular formula is C21H18O2. The van der Waals surface area contributed by atoms with E-state index in [1.165, 1.54) is 27.5 Å². The summed E-state index contributed by atoms with van der Waals surface area (Å²) in [5, 5.41) is 11.7. The van der Waals surface area contributed by atoms with Gasteiger partial charge in [0.15, 0.2) is 0 Å². The maximum atomic E-state index is 11.2. The number of fused-ring (bicyclic) bond motifs is 1. The maximum Gasteiger partial charge on any atom is 0.307 e. The first-order valence-corrected chi connectivity index (χ1v) is 8.00. The number of hydrogen-bond acceptors (Lipinski definition) is 1. The summed E-state index contributed by atoms with van der Waals surface area (Å²) in [6, 6.07) is 23.2. The summed E-state index contributed by atoms with van der Waals surface area (Å²) in [5.41, 5.74) is 3.72. The molecule has 0 radical (unpaired) electrons. The van der Waals surface area contributed by atoms with Crippen molar-refractivity contribution in [3.05, 3.63) is 83.4 Å². The number of carboxylic acids is 1. The summed E-state index contributed by atoms with van der Waals surface area (Å²) in [6.45, 7) is 0. The topological polar surface area (TPSA) is 37.3 Å². The molecule has 1 N–H and O–H groups in total. The van der Waals surface area contributed by atoms with E-state index in [-0.39, 0.29) is 11.8 Å². The Hall–Kier alpha value is -2.61. The highest BCUT2D eigenvalue weighted by Gasteiger charge is 2.44. The van der Waals surface area contributed by atoms with E-state index < -0.39 is 5.97 Å². The van der Waals surface area contributed by atoms with Crippen LogP contribution < -0.4 is 0 Å². The Kier molecular flexibility index (Phi) is 3.38. The summed E-state index contributed by atoms with van der Waals surface area (Å²) in [4.78, 5) is 11.2. The molecule has 23 heavy (non-hydrogen) atoms. The van der Waals surface area contributed by atoms with Crippen LogP contribution in [0.1, 0.15) is 29.0 Å². The fourth-order valence-corrected chi connectivity index (χ4v) is 3.44. The molecule has 3 aromatic rings. The average Bonchev–Trinajstić information content (AvgIpc) is 3.36. The van der Waals surface area contributed by atoms with Crippen molar-refractivity contribution in [3.8, 4) is 0 Å². The molecule has 2 nitrogen and oxygen atoms in total. The van der Waals surface area contributed by atoms with Crippen molar-refractivity contribution in [2.45, 2.75) is 18.8 Å². The van der Waals surface area contributed by atoms with E-state index in [2.05, 4.69) is 54.6 Å². The Morgan fingerprint density at radius 2 is 1.70 bits per heavy atom. The molecule has 0 spiro atoms. The Morgan fingerprint density at radius 3 is 2.48 bits per heavy atom. The highest BCUT2D eigenvalue weighted by Crippen LogP contribution is 2.48. The molecule has 0 amide bonds. The number of benzene rings is 3. The fraction of sp³-hybridized carbons (Fsp3) is 0.190. The van der Waals surface area contributed by atoms with Crippen LogP contribution in [0.5, 0.6) is 0 Å². The van der Waals surface area contributed by atoms with Gasteiger partial charge in [-0.1, -0.05) is 66.7 Å². The van der Waals surface area contributed by atoms with E-state index in [1.54, 1.807) is 0 Å². The summed E-state index contributed by atoms with van der Waals surface area (Å²) in [7, 11) is 0. The second-order valence-electron chi connectivity index (χ2n) is 6.34. The molecule has 2 atom stereocenters. The van der Waals surface area contributed by atoms with E-state index >= 15 is 0 Å². The minimum Gasteiger partial charge on any atom is -0.481 e. The predicted molar refractivity (Wildman–Crippen MR) is 91.7 cm³/mol. The molecule has 2 unspecified atom stereocenters. The Bertz CT molecular complexity index is 882. The first kappa shape index (κ1) is 14.0.